The Hall–Kier alpha value is -1.16. The summed E-state index contributed by atoms with van der Waals surface area (Å²) in [6.45, 7) is 5.08. The lowest BCUT2D eigenvalue weighted by atomic mass is 9.92. The molecule has 3 nitrogen and oxygen atoms in total. The van der Waals surface area contributed by atoms with Crippen molar-refractivity contribution in [3.8, 4) is 0 Å². The SMILES string of the molecule is CC[C@H]1CC[C@]2(C=CC(COCc3ccccc3)CO2)OC1. The van der Waals surface area contributed by atoms with E-state index in [4.69, 9.17) is 14.2 Å². The number of rotatable bonds is 5. The maximum absolute atomic E-state index is 6.03. The van der Waals surface area contributed by atoms with Crippen LogP contribution in [0.2, 0.25) is 0 Å². The molecule has 2 aliphatic rings. The molecule has 1 unspecified atom stereocenters. The second kappa shape index (κ2) is 7.40. The molecule has 1 spiro atoms. The summed E-state index contributed by atoms with van der Waals surface area (Å²) in [7, 11) is 0. The van der Waals surface area contributed by atoms with Crippen molar-refractivity contribution in [2.45, 2.75) is 38.6 Å². The van der Waals surface area contributed by atoms with Crippen LogP contribution in [0.15, 0.2) is 42.5 Å². The van der Waals surface area contributed by atoms with Crippen LogP contribution in [0.5, 0.6) is 0 Å². The number of ether oxygens (including phenoxy) is 3. The van der Waals surface area contributed by atoms with Crippen LogP contribution in [0.4, 0.5) is 0 Å². The molecule has 3 atom stereocenters. The average Bonchev–Trinajstić information content (AvgIpc) is 2.59. The van der Waals surface area contributed by atoms with Crippen LogP contribution in [-0.4, -0.2) is 25.6 Å². The van der Waals surface area contributed by atoms with Crippen LogP contribution in [-0.2, 0) is 20.8 Å². The van der Waals surface area contributed by atoms with E-state index in [1.54, 1.807) is 0 Å². The van der Waals surface area contributed by atoms with Crippen molar-refractivity contribution in [2.75, 3.05) is 19.8 Å². The molecule has 0 radical (unpaired) electrons. The molecule has 120 valence electrons. The molecule has 2 aliphatic heterocycles. The Morgan fingerprint density at radius 1 is 1.18 bits per heavy atom. The van der Waals surface area contributed by atoms with E-state index in [0.717, 1.165) is 13.0 Å². The van der Waals surface area contributed by atoms with E-state index in [1.807, 2.05) is 18.2 Å². The van der Waals surface area contributed by atoms with E-state index in [1.165, 1.54) is 18.4 Å². The smallest absolute Gasteiger partial charge is 0.187 e. The predicted molar refractivity (Wildman–Crippen MR) is 86.4 cm³/mol. The molecule has 0 amide bonds. The van der Waals surface area contributed by atoms with Gasteiger partial charge in [-0.25, -0.2) is 0 Å². The van der Waals surface area contributed by atoms with Crippen molar-refractivity contribution in [1.29, 1.82) is 0 Å². The lowest BCUT2D eigenvalue weighted by molar-refractivity contribution is -0.244. The van der Waals surface area contributed by atoms with Crippen molar-refractivity contribution in [3.63, 3.8) is 0 Å². The fraction of sp³-hybridized carbons (Fsp3) is 0.579. The molecule has 1 aromatic carbocycles. The normalized spacial score (nSPS) is 31.5. The zero-order chi connectivity index (χ0) is 15.3. The number of hydrogen-bond donors (Lipinski definition) is 0. The quantitative estimate of drug-likeness (QED) is 0.771. The topological polar surface area (TPSA) is 27.7 Å². The van der Waals surface area contributed by atoms with Crippen LogP contribution < -0.4 is 0 Å². The number of benzene rings is 1. The molecule has 1 saturated heterocycles. The fourth-order valence-corrected chi connectivity index (χ4v) is 3.03. The Bertz CT molecular complexity index is 475. The van der Waals surface area contributed by atoms with Crippen LogP contribution in [0.1, 0.15) is 31.7 Å². The molecule has 0 saturated carbocycles. The summed E-state index contributed by atoms with van der Waals surface area (Å²) in [6.07, 6.45) is 7.67. The average molecular weight is 302 g/mol. The van der Waals surface area contributed by atoms with Gasteiger partial charge in [0.2, 0.25) is 0 Å². The first-order valence-electron chi connectivity index (χ1n) is 8.38. The Morgan fingerprint density at radius 3 is 2.64 bits per heavy atom. The molecular formula is C19H26O3. The van der Waals surface area contributed by atoms with Crippen LogP contribution in [0.3, 0.4) is 0 Å². The third-order valence-electron chi connectivity index (χ3n) is 4.65. The van der Waals surface area contributed by atoms with Gasteiger partial charge in [-0.1, -0.05) is 49.8 Å². The molecule has 2 heterocycles. The zero-order valence-electron chi connectivity index (χ0n) is 13.4. The molecule has 22 heavy (non-hydrogen) atoms. The Kier molecular flexibility index (Phi) is 5.29. The highest BCUT2D eigenvalue weighted by Gasteiger charge is 2.37. The van der Waals surface area contributed by atoms with Gasteiger partial charge in [0.25, 0.3) is 0 Å². The first-order valence-corrected chi connectivity index (χ1v) is 8.38. The summed E-state index contributed by atoms with van der Waals surface area (Å²) in [6, 6.07) is 10.3. The van der Waals surface area contributed by atoms with Crippen LogP contribution in [0.25, 0.3) is 0 Å². The lowest BCUT2D eigenvalue weighted by Crippen LogP contribution is -2.43. The van der Waals surface area contributed by atoms with Crippen molar-refractivity contribution in [1.82, 2.24) is 0 Å². The highest BCUT2D eigenvalue weighted by molar-refractivity contribution is 5.13. The van der Waals surface area contributed by atoms with Gasteiger partial charge in [0, 0.05) is 12.3 Å². The molecule has 3 rings (SSSR count). The van der Waals surface area contributed by atoms with Crippen LogP contribution in [0, 0.1) is 11.8 Å². The predicted octanol–water partition coefficient (Wildman–Crippen LogP) is 3.94. The van der Waals surface area contributed by atoms with Gasteiger partial charge in [0.05, 0.1) is 26.4 Å². The Balaban J connectivity index is 1.43. The summed E-state index contributed by atoms with van der Waals surface area (Å²) in [5.41, 5.74) is 1.21. The van der Waals surface area contributed by atoms with E-state index < -0.39 is 5.79 Å². The highest BCUT2D eigenvalue weighted by atomic mass is 16.7. The van der Waals surface area contributed by atoms with E-state index in [0.29, 0.717) is 31.7 Å². The lowest BCUT2D eigenvalue weighted by Gasteiger charge is -2.40. The second-order valence-electron chi connectivity index (χ2n) is 6.37. The van der Waals surface area contributed by atoms with Gasteiger partial charge in [-0.05, 0) is 24.0 Å². The van der Waals surface area contributed by atoms with Gasteiger partial charge >= 0.3 is 0 Å². The Morgan fingerprint density at radius 2 is 2.00 bits per heavy atom. The van der Waals surface area contributed by atoms with Gasteiger partial charge in [-0.3, -0.25) is 0 Å². The molecule has 1 aromatic rings. The molecular weight excluding hydrogens is 276 g/mol. The van der Waals surface area contributed by atoms with E-state index in [9.17, 15) is 0 Å². The van der Waals surface area contributed by atoms with Gasteiger partial charge in [-0.2, -0.15) is 0 Å². The summed E-state index contributed by atoms with van der Waals surface area (Å²) >= 11 is 0. The molecule has 0 bridgehead atoms. The van der Waals surface area contributed by atoms with E-state index >= 15 is 0 Å². The second-order valence-corrected chi connectivity index (χ2v) is 6.37. The van der Waals surface area contributed by atoms with Crippen molar-refractivity contribution >= 4 is 0 Å². The van der Waals surface area contributed by atoms with Crippen molar-refractivity contribution < 1.29 is 14.2 Å². The summed E-state index contributed by atoms with van der Waals surface area (Å²) in [5.74, 6) is 0.554. The summed E-state index contributed by atoms with van der Waals surface area (Å²) in [4.78, 5) is 0. The third-order valence-corrected chi connectivity index (χ3v) is 4.65. The molecule has 0 aromatic heterocycles. The third kappa shape index (κ3) is 3.97. The molecule has 0 aliphatic carbocycles. The fourth-order valence-electron chi connectivity index (χ4n) is 3.03. The van der Waals surface area contributed by atoms with Crippen LogP contribution >= 0.6 is 0 Å². The molecule has 0 N–H and O–H groups in total. The van der Waals surface area contributed by atoms with E-state index in [2.05, 4.69) is 31.2 Å². The standard InChI is InChI=1S/C19H26O3/c1-2-16-8-10-19(21-14-16)11-9-18(15-22-19)13-20-12-17-6-4-3-5-7-17/h3-7,9,11,16,18H,2,8,10,12-15H2,1H3/t16-,18?,19-/m0/s1. The molecule has 1 fully saturated rings. The Labute approximate surface area is 133 Å². The van der Waals surface area contributed by atoms with Gasteiger partial charge in [0.1, 0.15) is 0 Å². The number of hydrogen-bond acceptors (Lipinski definition) is 3. The highest BCUT2D eigenvalue weighted by Crippen LogP contribution is 2.34. The maximum Gasteiger partial charge on any atom is 0.187 e. The van der Waals surface area contributed by atoms with Crippen molar-refractivity contribution in [2.24, 2.45) is 11.8 Å². The van der Waals surface area contributed by atoms with Gasteiger partial charge in [0.15, 0.2) is 5.79 Å². The first kappa shape index (κ1) is 15.7. The largest absolute Gasteiger partial charge is 0.376 e. The first-order chi connectivity index (χ1) is 10.8. The summed E-state index contributed by atoms with van der Waals surface area (Å²) < 4.78 is 17.8. The minimum atomic E-state index is -0.457. The minimum absolute atomic E-state index is 0.321. The van der Waals surface area contributed by atoms with Gasteiger partial charge in [-0.15, -0.1) is 0 Å². The van der Waals surface area contributed by atoms with Crippen molar-refractivity contribution in [3.05, 3.63) is 48.0 Å². The molecule has 3 heteroatoms. The van der Waals surface area contributed by atoms with E-state index in [-0.39, 0.29) is 0 Å². The summed E-state index contributed by atoms with van der Waals surface area (Å²) in [5, 5.41) is 0. The minimum Gasteiger partial charge on any atom is -0.376 e. The monoisotopic (exact) mass is 302 g/mol. The zero-order valence-corrected chi connectivity index (χ0v) is 13.4. The maximum atomic E-state index is 6.03. The van der Waals surface area contributed by atoms with Gasteiger partial charge < -0.3 is 14.2 Å².